The molecule has 72 valence electrons. The molecule has 1 aliphatic rings. The van der Waals surface area contributed by atoms with Crippen molar-refractivity contribution in [3.05, 3.63) is 47.9 Å². The average molecular weight is 192 g/mol. The van der Waals surface area contributed by atoms with Crippen LogP contribution in [0.3, 0.4) is 0 Å². The Hall–Kier alpha value is -1.97. The van der Waals surface area contributed by atoms with Crippen molar-refractivity contribution >= 4 is 5.97 Å². The Bertz CT molecular complexity index is 375. The number of carboxylic acid groups (broad SMARTS) is 1. The van der Waals surface area contributed by atoms with E-state index in [4.69, 9.17) is 14.6 Å². The smallest absolute Gasteiger partial charge is 0.336 e. The van der Waals surface area contributed by atoms with Crippen molar-refractivity contribution in [2.24, 2.45) is 0 Å². The molecular formula is C10H8O4. The first kappa shape index (κ1) is 8.62. The second kappa shape index (κ2) is 3.41. The van der Waals surface area contributed by atoms with Crippen LogP contribution in [-0.2, 0) is 9.47 Å². The quantitative estimate of drug-likeness (QED) is 0.777. The molecule has 4 heteroatoms. The summed E-state index contributed by atoms with van der Waals surface area (Å²) in [6.07, 6.45) is 2.15. The third-order valence-corrected chi connectivity index (χ3v) is 1.91. The van der Waals surface area contributed by atoms with Crippen LogP contribution in [-0.4, -0.2) is 11.1 Å². The van der Waals surface area contributed by atoms with Crippen molar-refractivity contribution < 1.29 is 19.4 Å². The van der Waals surface area contributed by atoms with Gasteiger partial charge in [-0.05, 0) is 6.07 Å². The van der Waals surface area contributed by atoms with Gasteiger partial charge in [0.2, 0.25) is 0 Å². The zero-order valence-electron chi connectivity index (χ0n) is 7.21. The summed E-state index contributed by atoms with van der Waals surface area (Å²) in [5.41, 5.74) is 0.714. The highest BCUT2D eigenvalue weighted by molar-refractivity contribution is 5.89. The zero-order chi connectivity index (χ0) is 9.97. The normalized spacial score (nSPS) is 14.9. The molecule has 0 atom stereocenters. The molecule has 1 aromatic rings. The summed E-state index contributed by atoms with van der Waals surface area (Å²) >= 11 is 0. The van der Waals surface area contributed by atoms with E-state index in [2.05, 4.69) is 0 Å². The third kappa shape index (κ3) is 1.42. The number of hydrogen-bond donors (Lipinski definition) is 1. The molecule has 4 nitrogen and oxygen atoms in total. The van der Waals surface area contributed by atoms with Crippen LogP contribution >= 0.6 is 0 Å². The second-order valence-corrected chi connectivity index (χ2v) is 2.77. The van der Waals surface area contributed by atoms with Crippen LogP contribution in [0.15, 0.2) is 36.8 Å². The number of carbonyl (C=O) groups is 1. The van der Waals surface area contributed by atoms with Gasteiger partial charge in [0.1, 0.15) is 12.5 Å². The minimum atomic E-state index is -0.986. The Balaban J connectivity index is 2.36. The molecule has 0 aromatic heterocycles. The highest BCUT2D eigenvalue weighted by Crippen LogP contribution is 2.26. The Morgan fingerprint density at radius 2 is 1.86 bits per heavy atom. The predicted octanol–water partition coefficient (Wildman–Crippen LogP) is 1.90. The fourth-order valence-electron chi connectivity index (χ4n) is 1.28. The SMILES string of the molecule is O=C(O)c1ccccc1C1OC=CO1. The summed E-state index contributed by atoms with van der Waals surface area (Å²) in [6.45, 7) is 0. The van der Waals surface area contributed by atoms with Crippen LogP contribution in [0.2, 0.25) is 0 Å². The van der Waals surface area contributed by atoms with Gasteiger partial charge in [-0.2, -0.15) is 0 Å². The minimum Gasteiger partial charge on any atom is -0.478 e. The Kier molecular flexibility index (Phi) is 2.10. The molecule has 2 rings (SSSR count). The molecule has 0 aliphatic carbocycles. The standard InChI is InChI=1S/C10H8O4/c11-9(12)7-3-1-2-4-8(7)10-13-5-6-14-10/h1-6,10H,(H,11,12). The largest absolute Gasteiger partial charge is 0.478 e. The molecule has 0 unspecified atom stereocenters. The van der Waals surface area contributed by atoms with E-state index in [0.29, 0.717) is 5.56 Å². The number of aromatic carboxylic acids is 1. The van der Waals surface area contributed by atoms with Crippen LogP contribution in [0.25, 0.3) is 0 Å². The summed E-state index contributed by atoms with van der Waals surface area (Å²) < 4.78 is 10.1. The van der Waals surface area contributed by atoms with Gasteiger partial charge in [0.15, 0.2) is 0 Å². The average Bonchev–Trinajstić information content (AvgIpc) is 2.70. The topological polar surface area (TPSA) is 55.8 Å². The summed E-state index contributed by atoms with van der Waals surface area (Å²) in [4.78, 5) is 10.8. The van der Waals surface area contributed by atoms with Gasteiger partial charge in [0, 0.05) is 5.56 Å². The van der Waals surface area contributed by atoms with E-state index in [0.717, 1.165) is 0 Å². The molecule has 0 fully saturated rings. The first-order valence-electron chi connectivity index (χ1n) is 4.07. The molecule has 0 saturated heterocycles. The molecule has 0 spiro atoms. The van der Waals surface area contributed by atoms with Gasteiger partial charge in [-0.3, -0.25) is 0 Å². The monoisotopic (exact) mass is 192 g/mol. The number of carboxylic acids is 1. The minimum absolute atomic E-state index is 0.196. The summed E-state index contributed by atoms with van der Waals surface area (Å²) in [6, 6.07) is 6.59. The molecule has 1 aliphatic heterocycles. The molecule has 14 heavy (non-hydrogen) atoms. The van der Waals surface area contributed by atoms with E-state index < -0.39 is 12.3 Å². The van der Waals surface area contributed by atoms with Gasteiger partial charge in [-0.1, -0.05) is 18.2 Å². The van der Waals surface area contributed by atoms with E-state index in [9.17, 15) is 4.79 Å². The van der Waals surface area contributed by atoms with Crippen LogP contribution in [0.5, 0.6) is 0 Å². The maximum atomic E-state index is 10.8. The van der Waals surface area contributed by atoms with E-state index >= 15 is 0 Å². The van der Waals surface area contributed by atoms with Crippen molar-refractivity contribution in [1.29, 1.82) is 0 Å². The van der Waals surface area contributed by atoms with E-state index in [-0.39, 0.29) is 5.56 Å². The van der Waals surface area contributed by atoms with Crippen LogP contribution in [0.4, 0.5) is 0 Å². The fourth-order valence-corrected chi connectivity index (χ4v) is 1.28. The lowest BCUT2D eigenvalue weighted by atomic mass is 10.1. The molecular weight excluding hydrogens is 184 g/mol. The number of ether oxygens (including phenoxy) is 2. The first-order chi connectivity index (χ1) is 6.79. The van der Waals surface area contributed by atoms with Gasteiger partial charge in [-0.25, -0.2) is 4.79 Å². The van der Waals surface area contributed by atoms with Crippen molar-refractivity contribution in [3.63, 3.8) is 0 Å². The van der Waals surface area contributed by atoms with Crippen molar-refractivity contribution in [1.82, 2.24) is 0 Å². The fraction of sp³-hybridized carbons (Fsp3) is 0.100. The Morgan fingerprint density at radius 3 is 2.50 bits per heavy atom. The number of benzene rings is 1. The molecule has 1 heterocycles. The number of rotatable bonds is 2. The zero-order valence-corrected chi connectivity index (χ0v) is 7.21. The number of hydrogen-bond acceptors (Lipinski definition) is 3. The van der Waals surface area contributed by atoms with Gasteiger partial charge < -0.3 is 14.6 Å². The maximum Gasteiger partial charge on any atom is 0.336 e. The van der Waals surface area contributed by atoms with Gasteiger partial charge in [0.25, 0.3) is 6.29 Å². The maximum absolute atomic E-state index is 10.8. The lowest BCUT2D eigenvalue weighted by Gasteiger charge is -2.12. The lowest BCUT2D eigenvalue weighted by molar-refractivity contribution is -0.0254. The third-order valence-electron chi connectivity index (χ3n) is 1.91. The summed E-state index contributed by atoms with van der Waals surface area (Å²) in [7, 11) is 0. The Morgan fingerprint density at radius 1 is 1.21 bits per heavy atom. The molecule has 1 N–H and O–H groups in total. The van der Waals surface area contributed by atoms with E-state index in [1.54, 1.807) is 18.2 Å². The molecule has 0 saturated carbocycles. The second-order valence-electron chi connectivity index (χ2n) is 2.77. The highest BCUT2D eigenvalue weighted by atomic mass is 16.7. The lowest BCUT2D eigenvalue weighted by Crippen LogP contribution is -2.07. The van der Waals surface area contributed by atoms with Gasteiger partial charge in [-0.15, -0.1) is 0 Å². The van der Waals surface area contributed by atoms with Crippen LogP contribution < -0.4 is 0 Å². The van der Waals surface area contributed by atoms with Crippen LogP contribution in [0, 0.1) is 0 Å². The van der Waals surface area contributed by atoms with Gasteiger partial charge in [0.05, 0.1) is 5.56 Å². The highest BCUT2D eigenvalue weighted by Gasteiger charge is 2.21. The van der Waals surface area contributed by atoms with Crippen molar-refractivity contribution in [3.8, 4) is 0 Å². The van der Waals surface area contributed by atoms with Crippen molar-refractivity contribution in [2.45, 2.75) is 6.29 Å². The van der Waals surface area contributed by atoms with Gasteiger partial charge >= 0.3 is 5.97 Å². The molecule has 0 amide bonds. The van der Waals surface area contributed by atoms with Crippen molar-refractivity contribution in [2.75, 3.05) is 0 Å². The predicted molar refractivity (Wildman–Crippen MR) is 47.5 cm³/mol. The van der Waals surface area contributed by atoms with E-state index in [1.807, 2.05) is 0 Å². The first-order valence-corrected chi connectivity index (χ1v) is 4.07. The van der Waals surface area contributed by atoms with Crippen LogP contribution in [0.1, 0.15) is 22.2 Å². The molecule has 0 bridgehead atoms. The van der Waals surface area contributed by atoms with E-state index in [1.165, 1.54) is 18.6 Å². The summed E-state index contributed by atoms with van der Waals surface area (Å²) in [5, 5.41) is 8.89. The molecule has 1 aromatic carbocycles. The summed E-state index contributed by atoms with van der Waals surface area (Å²) in [5.74, 6) is -0.986. The Labute approximate surface area is 80.4 Å². The molecule has 0 radical (unpaired) electrons.